The average molecular weight is 266 g/mol. The number of rotatable bonds is 8. The van der Waals surface area contributed by atoms with Gasteiger partial charge in [-0.2, -0.15) is 0 Å². The van der Waals surface area contributed by atoms with Crippen molar-refractivity contribution < 1.29 is 18.3 Å². The molecule has 0 saturated carbocycles. The van der Waals surface area contributed by atoms with Crippen LogP contribution in [0.4, 0.5) is 8.78 Å². The SMILES string of the molecule is CCOC(=O)C(C)(CN(C)CC(F)F)NC(C)C. The van der Waals surface area contributed by atoms with Crippen molar-refractivity contribution in [2.24, 2.45) is 0 Å². The number of hydrogen-bond donors (Lipinski definition) is 1. The normalized spacial score (nSPS) is 15.2. The molecule has 0 amide bonds. The van der Waals surface area contributed by atoms with Crippen LogP contribution >= 0.6 is 0 Å². The molecule has 18 heavy (non-hydrogen) atoms. The highest BCUT2D eigenvalue weighted by molar-refractivity contribution is 5.80. The van der Waals surface area contributed by atoms with E-state index in [1.807, 2.05) is 13.8 Å². The number of carbonyl (C=O) groups excluding carboxylic acids is 1. The highest BCUT2D eigenvalue weighted by atomic mass is 19.3. The van der Waals surface area contributed by atoms with E-state index in [-0.39, 0.29) is 25.7 Å². The summed E-state index contributed by atoms with van der Waals surface area (Å²) in [4.78, 5) is 13.4. The fourth-order valence-electron chi connectivity index (χ4n) is 1.94. The van der Waals surface area contributed by atoms with E-state index in [1.165, 1.54) is 4.90 Å². The summed E-state index contributed by atoms with van der Waals surface area (Å²) in [6.45, 7) is 7.26. The van der Waals surface area contributed by atoms with Gasteiger partial charge in [-0.15, -0.1) is 0 Å². The molecule has 0 aromatic rings. The maximum absolute atomic E-state index is 12.3. The number of carbonyl (C=O) groups is 1. The number of halogens is 2. The van der Waals surface area contributed by atoms with Crippen molar-refractivity contribution in [2.75, 3.05) is 26.7 Å². The van der Waals surface area contributed by atoms with Crippen LogP contribution in [0.1, 0.15) is 27.7 Å². The van der Waals surface area contributed by atoms with E-state index in [4.69, 9.17) is 4.74 Å². The van der Waals surface area contributed by atoms with E-state index in [0.717, 1.165) is 0 Å². The van der Waals surface area contributed by atoms with E-state index in [0.29, 0.717) is 0 Å². The van der Waals surface area contributed by atoms with Crippen LogP contribution < -0.4 is 5.32 Å². The van der Waals surface area contributed by atoms with Gasteiger partial charge in [-0.1, -0.05) is 0 Å². The molecule has 1 N–H and O–H groups in total. The molecule has 0 aliphatic heterocycles. The van der Waals surface area contributed by atoms with Gasteiger partial charge in [-0.3, -0.25) is 15.0 Å². The largest absolute Gasteiger partial charge is 0.465 e. The average Bonchev–Trinajstić information content (AvgIpc) is 2.14. The quantitative estimate of drug-likeness (QED) is 0.676. The zero-order chi connectivity index (χ0) is 14.3. The molecule has 108 valence electrons. The van der Waals surface area contributed by atoms with Crippen LogP contribution in [0, 0.1) is 0 Å². The first-order chi connectivity index (χ1) is 8.21. The van der Waals surface area contributed by atoms with Crippen molar-refractivity contribution in [3.8, 4) is 0 Å². The van der Waals surface area contributed by atoms with Gasteiger partial charge in [0.05, 0.1) is 13.2 Å². The molecule has 6 heteroatoms. The van der Waals surface area contributed by atoms with Crippen LogP contribution in [-0.4, -0.2) is 55.6 Å². The van der Waals surface area contributed by atoms with Gasteiger partial charge in [-0.05, 0) is 34.7 Å². The molecule has 0 fully saturated rings. The zero-order valence-corrected chi connectivity index (χ0v) is 11.8. The molecule has 1 atom stereocenters. The first-order valence-electron chi connectivity index (χ1n) is 6.13. The summed E-state index contributed by atoms with van der Waals surface area (Å²) in [6.07, 6.45) is -2.42. The summed E-state index contributed by atoms with van der Waals surface area (Å²) in [5, 5.41) is 3.08. The molecule has 0 saturated heterocycles. The first kappa shape index (κ1) is 17.2. The Hall–Kier alpha value is -0.750. The van der Waals surface area contributed by atoms with Gasteiger partial charge < -0.3 is 4.74 Å². The Balaban J connectivity index is 4.70. The Morgan fingerprint density at radius 2 is 2.00 bits per heavy atom. The van der Waals surface area contributed by atoms with Crippen LogP contribution in [0.15, 0.2) is 0 Å². The van der Waals surface area contributed by atoms with E-state index >= 15 is 0 Å². The summed E-state index contributed by atoms with van der Waals surface area (Å²) >= 11 is 0. The van der Waals surface area contributed by atoms with Crippen LogP contribution in [-0.2, 0) is 9.53 Å². The number of esters is 1. The van der Waals surface area contributed by atoms with Crippen LogP contribution in [0.2, 0.25) is 0 Å². The molecule has 0 aliphatic rings. The fourth-order valence-corrected chi connectivity index (χ4v) is 1.94. The minimum Gasteiger partial charge on any atom is -0.465 e. The molecule has 0 radical (unpaired) electrons. The summed E-state index contributed by atoms with van der Waals surface area (Å²) in [6, 6.07) is 0.0550. The van der Waals surface area contributed by atoms with Crippen molar-refractivity contribution in [3.05, 3.63) is 0 Å². The van der Waals surface area contributed by atoms with Crippen LogP contribution in [0.25, 0.3) is 0 Å². The van der Waals surface area contributed by atoms with Gasteiger partial charge in [0.25, 0.3) is 6.43 Å². The smallest absolute Gasteiger partial charge is 0.327 e. The Bertz CT molecular complexity index is 262. The van der Waals surface area contributed by atoms with Gasteiger partial charge in [-0.25, -0.2) is 8.78 Å². The lowest BCUT2D eigenvalue weighted by atomic mass is 10.0. The third-order valence-corrected chi connectivity index (χ3v) is 2.37. The summed E-state index contributed by atoms with van der Waals surface area (Å²) in [5.74, 6) is -0.417. The molecule has 0 heterocycles. The second-order valence-electron chi connectivity index (χ2n) is 4.94. The highest BCUT2D eigenvalue weighted by Gasteiger charge is 2.36. The first-order valence-corrected chi connectivity index (χ1v) is 6.13. The topological polar surface area (TPSA) is 41.6 Å². The van der Waals surface area contributed by atoms with Gasteiger partial charge in [0.2, 0.25) is 0 Å². The Morgan fingerprint density at radius 3 is 2.39 bits per heavy atom. The molecule has 0 rings (SSSR count). The number of alkyl halides is 2. The van der Waals surface area contributed by atoms with Gasteiger partial charge in [0.1, 0.15) is 5.54 Å². The second-order valence-corrected chi connectivity index (χ2v) is 4.94. The Morgan fingerprint density at radius 1 is 1.44 bits per heavy atom. The Kier molecular flexibility index (Phi) is 7.32. The van der Waals surface area contributed by atoms with Gasteiger partial charge >= 0.3 is 5.97 Å². The highest BCUT2D eigenvalue weighted by Crippen LogP contribution is 2.11. The number of nitrogens with one attached hydrogen (secondary N) is 1. The molecule has 0 aromatic carbocycles. The van der Waals surface area contributed by atoms with E-state index in [9.17, 15) is 13.6 Å². The fraction of sp³-hybridized carbons (Fsp3) is 0.917. The van der Waals surface area contributed by atoms with Gasteiger partial charge in [0, 0.05) is 12.6 Å². The van der Waals surface area contributed by atoms with E-state index in [2.05, 4.69) is 5.32 Å². The lowest BCUT2D eigenvalue weighted by molar-refractivity contribution is -0.151. The number of hydrogen-bond acceptors (Lipinski definition) is 4. The van der Waals surface area contributed by atoms with Crippen molar-refractivity contribution in [2.45, 2.75) is 45.7 Å². The summed E-state index contributed by atoms with van der Waals surface area (Å²) in [5.41, 5.74) is -0.978. The zero-order valence-electron chi connectivity index (χ0n) is 11.8. The monoisotopic (exact) mass is 266 g/mol. The maximum atomic E-state index is 12.3. The standard InChI is InChI=1S/C12H24F2N2O2/c1-6-18-11(17)12(4,15-9(2)3)8-16(5)7-10(13)14/h9-10,15H,6-8H2,1-5H3. The third kappa shape index (κ3) is 6.26. The number of nitrogens with zero attached hydrogens (tertiary/aromatic N) is 1. The lowest BCUT2D eigenvalue weighted by Gasteiger charge is -2.34. The third-order valence-electron chi connectivity index (χ3n) is 2.37. The molecular formula is C12H24F2N2O2. The molecule has 4 nitrogen and oxygen atoms in total. The predicted octanol–water partition coefficient (Wildman–Crippen LogP) is 1.50. The van der Waals surface area contributed by atoms with Crippen molar-refractivity contribution in [1.29, 1.82) is 0 Å². The van der Waals surface area contributed by atoms with E-state index in [1.54, 1.807) is 20.9 Å². The Labute approximate surface area is 108 Å². The van der Waals surface area contributed by atoms with Gasteiger partial charge in [0.15, 0.2) is 0 Å². The molecular weight excluding hydrogens is 242 g/mol. The minimum absolute atomic E-state index is 0.0550. The lowest BCUT2D eigenvalue weighted by Crippen LogP contribution is -2.59. The van der Waals surface area contributed by atoms with E-state index < -0.39 is 17.9 Å². The maximum Gasteiger partial charge on any atom is 0.327 e. The van der Waals surface area contributed by atoms with Crippen LogP contribution in [0.5, 0.6) is 0 Å². The molecule has 0 aliphatic carbocycles. The second kappa shape index (κ2) is 7.63. The number of likely N-dealkylation sites (N-methyl/N-ethyl adjacent to an activating group) is 1. The molecule has 1 unspecified atom stereocenters. The minimum atomic E-state index is -2.42. The molecule has 0 spiro atoms. The molecule has 0 bridgehead atoms. The number of ether oxygens (including phenoxy) is 1. The van der Waals surface area contributed by atoms with Crippen molar-refractivity contribution in [1.82, 2.24) is 10.2 Å². The van der Waals surface area contributed by atoms with Crippen molar-refractivity contribution in [3.63, 3.8) is 0 Å². The van der Waals surface area contributed by atoms with Crippen LogP contribution in [0.3, 0.4) is 0 Å². The predicted molar refractivity (Wildman–Crippen MR) is 66.8 cm³/mol. The summed E-state index contributed by atoms with van der Waals surface area (Å²) < 4.78 is 29.6. The molecule has 0 aromatic heterocycles. The summed E-state index contributed by atoms with van der Waals surface area (Å²) in [7, 11) is 1.56. The van der Waals surface area contributed by atoms with Crippen molar-refractivity contribution >= 4 is 5.97 Å².